The molecule has 0 saturated heterocycles. The zero-order valence-electron chi connectivity index (χ0n) is 9.40. The molecule has 1 amide bonds. The first kappa shape index (κ1) is 10.9. The molecule has 2 rings (SSSR count). The van der Waals surface area contributed by atoms with Crippen molar-refractivity contribution in [1.82, 2.24) is 10.5 Å². The van der Waals surface area contributed by atoms with Crippen LogP contribution < -0.4 is 5.32 Å². The molecule has 4 heteroatoms. The monoisotopic (exact) mass is 220 g/mol. The minimum absolute atomic E-state index is 0.174. The van der Waals surface area contributed by atoms with E-state index < -0.39 is 0 Å². The van der Waals surface area contributed by atoms with Crippen LogP contribution in [0.3, 0.4) is 0 Å². The second-order valence-electron chi connectivity index (χ2n) is 4.19. The molecule has 1 aliphatic rings. The van der Waals surface area contributed by atoms with Crippen molar-refractivity contribution in [3.63, 3.8) is 0 Å². The number of hydrogen-bond donors (Lipinski definition) is 1. The van der Waals surface area contributed by atoms with Gasteiger partial charge in [0.15, 0.2) is 0 Å². The summed E-state index contributed by atoms with van der Waals surface area (Å²) in [7, 11) is 0. The van der Waals surface area contributed by atoms with Gasteiger partial charge in [0.25, 0.3) is 5.91 Å². The Bertz CT molecular complexity index is 387. The van der Waals surface area contributed by atoms with E-state index in [4.69, 9.17) is 4.52 Å². The molecule has 0 radical (unpaired) electrons. The molecule has 1 N–H and O–H groups in total. The zero-order chi connectivity index (χ0) is 11.4. The summed E-state index contributed by atoms with van der Waals surface area (Å²) in [5.74, 6) is 0.811. The lowest BCUT2D eigenvalue weighted by atomic mass is 10.0. The number of allylic oxidation sites excluding steroid dienone is 2. The molecule has 1 aliphatic carbocycles. The lowest BCUT2D eigenvalue weighted by Gasteiger charge is -2.08. The molecule has 0 spiro atoms. The highest BCUT2D eigenvalue weighted by molar-refractivity contribution is 5.91. The molecule has 1 aromatic heterocycles. The minimum Gasteiger partial charge on any atom is -0.351 e. The normalized spacial score (nSPS) is 15.6. The Kier molecular flexibility index (Phi) is 3.39. The lowest BCUT2D eigenvalue weighted by Crippen LogP contribution is -2.25. The van der Waals surface area contributed by atoms with Crippen LogP contribution in [0.2, 0.25) is 0 Å². The van der Waals surface area contributed by atoms with E-state index in [0.717, 1.165) is 25.0 Å². The van der Waals surface area contributed by atoms with E-state index in [-0.39, 0.29) is 5.91 Å². The fourth-order valence-electron chi connectivity index (χ4n) is 1.86. The number of amides is 1. The topological polar surface area (TPSA) is 55.1 Å². The average molecular weight is 220 g/mol. The fourth-order valence-corrected chi connectivity index (χ4v) is 1.86. The Morgan fingerprint density at radius 1 is 1.56 bits per heavy atom. The predicted molar refractivity (Wildman–Crippen MR) is 60.1 cm³/mol. The van der Waals surface area contributed by atoms with Gasteiger partial charge in [-0.15, -0.1) is 0 Å². The molecule has 16 heavy (non-hydrogen) atoms. The highest BCUT2D eigenvalue weighted by Gasteiger charge is 2.13. The fraction of sp³-hybridized carbons (Fsp3) is 0.500. The van der Waals surface area contributed by atoms with Crippen LogP contribution in [-0.4, -0.2) is 17.6 Å². The molecule has 0 aromatic carbocycles. The first-order chi connectivity index (χ1) is 7.75. The number of rotatable bonds is 4. The van der Waals surface area contributed by atoms with Crippen LogP contribution in [0.5, 0.6) is 0 Å². The smallest absolute Gasteiger partial charge is 0.289 e. The van der Waals surface area contributed by atoms with E-state index in [2.05, 4.69) is 22.6 Å². The summed E-state index contributed by atoms with van der Waals surface area (Å²) >= 11 is 0. The van der Waals surface area contributed by atoms with Crippen LogP contribution in [-0.2, 0) is 0 Å². The van der Waals surface area contributed by atoms with Crippen LogP contribution >= 0.6 is 0 Å². The lowest BCUT2D eigenvalue weighted by molar-refractivity contribution is 0.0914. The van der Waals surface area contributed by atoms with Gasteiger partial charge in [0, 0.05) is 12.6 Å². The molecule has 0 atom stereocenters. The molecule has 0 saturated carbocycles. The van der Waals surface area contributed by atoms with Crippen LogP contribution in [0.25, 0.3) is 0 Å². The Balaban J connectivity index is 1.71. The molecular formula is C12H16N2O2. The molecule has 0 unspecified atom stereocenters. The second kappa shape index (κ2) is 4.96. The van der Waals surface area contributed by atoms with E-state index in [1.807, 2.05) is 0 Å². The summed E-state index contributed by atoms with van der Waals surface area (Å²) in [6, 6.07) is 1.65. The number of nitrogens with one attached hydrogen (secondary N) is 1. The minimum atomic E-state index is -0.174. The number of carbonyl (C=O) groups excluding carboxylic acids is 1. The van der Waals surface area contributed by atoms with Crippen molar-refractivity contribution in [2.75, 3.05) is 6.54 Å². The van der Waals surface area contributed by atoms with E-state index in [0.29, 0.717) is 18.2 Å². The van der Waals surface area contributed by atoms with E-state index in [9.17, 15) is 4.79 Å². The van der Waals surface area contributed by atoms with Gasteiger partial charge in [-0.05, 0) is 32.1 Å². The Morgan fingerprint density at radius 3 is 2.94 bits per heavy atom. The number of carbonyl (C=O) groups is 1. The van der Waals surface area contributed by atoms with Gasteiger partial charge >= 0.3 is 0 Å². The van der Waals surface area contributed by atoms with E-state index in [1.165, 1.54) is 0 Å². The first-order valence-electron chi connectivity index (χ1n) is 5.62. The van der Waals surface area contributed by atoms with Crippen LogP contribution in [0.15, 0.2) is 22.7 Å². The van der Waals surface area contributed by atoms with E-state index in [1.54, 1.807) is 13.0 Å². The van der Waals surface area contributed by atoms with Crippen molar-refractivity contribution in [3.8, 4) is 0 Å². The predicted octanol–water partition coefficient (Wildman–Crippen LogP) is 2.07. The number of hydrogen-bond acceptors (Lipinski definition) is 3. The highest BCUT2D eigenvalue weighted by Crippen LogP contribution is 2.20. The third-order valence-electron chi connectivity index (χ3n) is 2.80. The molecule has 0 fully saturated rings. The standard InChI is InChI=1S/C12H16N2O2/c1-9-8-11(16-14-9)12(15)13-7-6-10-4-2-3-5-10/h2-3,8,10H,4-7H2,1H3,(H,13,15). The van der Waals surface area contributed by atoms with Crippen molar-refractivity contribution in [3.05, 3.63) is 29.7 Å². The maximum absolute atomic E-state index is 11.6. The Hall–Kier alpha value is -1.58. The third-order valence-corrected chi connectivity index (χ3v) is 2.80. The largest absolute Gasteiger partial charge is 0.351 e. The maximum atomic E-state index is 11.6. The Labute approximate surface area is 94.7 Å². The van der Waals surface area contributed by atoms with Crippen LogP contribution in [0.1, 0.15) is 35.5 Å². The van der Waals surface area contributed by atoms with Gasteiger partial charge in [-0.25, -0.2) is 0 Å². The van der Waals surface area contributed by atoms with Gasteiger partial charge in [-0.1, -0.05) is 17.3 Å². The molecule has 4 nitrogen and oxygen atoms in total. The van der Waals surface area contributed by atoms with Gasteiger partial charge in [-0.3, -0.25) is 4.79 Å². The average Bonchev–Trinajstić information content (AvgIpc) is 2.89. The maximum Gasteiger partial charge on any atom is 0.289 e. The SMILES string of the molecule is Cc1cc(C(=O)NCCC2CC=CC2)on1. The third kappa shape index (κ3) is 2.72. The van der Waals surface area contributed by atoms with Crippen LogP contribution in [0.4, 0.5) is 0 Å². The zero-order valence-corrected chi connectivity index (χ0v) is 9.40. The summed E-state index contributed by atoms with van der Waals surface area (Å²) < 4.78 is 4.87. The van der Waals surface area contributed by atoms with Gasteiger partial charge in [-0.2, -0.15) is 0 Å². The summed E-state index contributed by atoms with van der Waals surface area (Å²) in [4.78, 5) is 11.6. The van der Waals surface area contributed by atoms with Gasteiger partial charge in [0.1, 0.15) is 0 Å². The molecule has 1 heterocycles. The quantitative estimate of drug-likeness (QED) is 0.790. The van der Waals surface area contributed by atoms with Crippen molar-refractivity contribution in [1.29, 1.82) is 0 Å². The number of nitrogens with zero attached hydrogens (tertiary/aromatic N) is 1. The summed E-state index contributed by atoms with van der Waals surface area (Å²) in [6.07, 6.45) is 7.69. The van der Waals surface area contributed by atoms with Crippen molar-refractivity contribution >= 4 is 5.91 Å². The number of aromatic nitrogens is 1. The second-order valence-corrected chi connectivity index (χ2v) is 4.19. The van der Waals surface area contributed by atoms with E-state index >= 15 is 0 Å². The Morgan fingerprint density at radius 2 is 2.31 bits per heavy atom. The molecular weight excluding hydrogens is 204 g/mol. The van der Waals surface area contributed by atoms with Crippen molar-refractivity contribution in [2.24, 2.45) is 5.92 Å². The van der Waals surface area contributed by atoms with Gasteiger partial charge in [0.05, 0.1) is 5.69 Å². The number of aryl methyl sites for hydroxylation is 1. The molecule has 0 aliphatic heterocycles. The van der Waals surface area contributed by atoms with Gasteiger partial charge in [0.2, 0.25) is 5.76 Å². The molecule has 1 aromatic rings. The first-order valence-corrected chi connectivity index (χ1v) is 5.62. The van der Waals surface area contributed by atoms with Crippen molar-refractivity contribution in [2.45, 2.75) is 26.2 Å². The molecule has 0 bridgehead atoms. The molecule has 86 valence electrons. The van der Waals surface area contributed by atoms with Crippen molar-refractivity contribution < 1.29 is 9.32 Å². The van der Waals surface area contributed by atoms with Gasteiger partial charge < -0.3 is 9.84 Å². The summed E-state index contributed by atoms with van der Waals surface area (Å²) in [5, 5.41) is 6.52. The summed E-state index contributed by atoms with van der Waals surface area (Å²) in [5.41, 5.74) is 0.727. The summed E-state index contributed by atoms with van der Waals surface area (Å²) in [6.45, 7) is 2.50. The van der Waals surface area contributed by atoms with Crippen LogP contribution in [0, 0.1) is 12.8 Å². The highest BCUT2D eigenvalue weighted by atomic mass is 16.5.